The number of piperidine rings is 1. The van der Waals surface area contributed by atoms with Crippen LogP contribution in [0.4, 0.5) is 0 Å². The largest absolute Gasteiger partial charge is 0.341 e. The summed E-state index contributed by atoms with van der Waals surface area (Å²) in [7, 11) is 0. The summed E-state index contributed by atoms with van der Waals surface area (Å²) in [6.07, 6.45) is 7.25. The molecule has 0 aliphatic carbocycles. The molecule has 2 fully saturated rings. The molecule has 1 aromatic heterocycles. The van der Waals surface area contributed by atoms with Crippen molar-refractivity contribution in [3.63, 3.8) is 0 Å². The molecule has 0 saturated carbocycles. The summed E-state index contributed by atoms with van der Waals surface area (Å²) in [4.78, 5) is 22.5. The molecule has 4 rings (SSSR count). The van der Waals surface area contributed by atoms with E-state index in [0.717, 1.165) is 76.3 Å². The molecule has 1 atom stereocenters. The van der Waals surface area contributed by atoms with Crippen LogP contribution in [0.3, 0.4) is 0 Å². The van der Waals surface area contributed by atoms with Gasteiger partial charge in [-0.15, -0.1) is 0 Å². The van der Waals surface area contributed by atoms with Crippen molar-refractivity contribution in [2.45, 2.75) is 71.4 Å². The molecule has 2 saturated heterocycles. The molecule has 2 aliphatic rings. The van der Waals surface area contributed by atoms with Crippen LogP contribution in [0.1, 0.15) is 70.2 Å². The topological polar surface area (TPSA) is 73.1 Å². The van der Waals surface area contributed by atoms with E-state index in [4.69, 9.17) is 0 Å². The van der Waals surface area contributed by atoms with Crippen molar-refractivity contribution >= 4 is 5.91 Å². The first-order chi connectivity index (χ1) is 15.2. The maximum absolute atomic E-state index is 12.6. The fourth-order valence-corrected chi connectivity index (χ4v) is 4.47. The molecule has 1 aromatic carbocycles. The molecule has 2 aliphatic heterocycles. The molecule has 6 nitrogen and oxygen atoms in total. The van der Waals surface area contributed by atoms with Gasteiger partial charge >= 0.3 is 0 Å². The van der Waals surface area contributed by atoms with Gasteiger partial charge in [-0.2, -0.15) is 0 Å². The molecule has 31 heavy (non-hydrogen) atoms. The Morgan fingerprint density at radius 2 is 1.90 bits per heavy atom. The Hall–Kier alpha value is -2.18. The lowest BCUT2D eigenvalue weighted by Crippen LogP contribution is -2.46. The molecule has 2 aromatic rings. The number of carbonyl (C=O) groups is 1. The van der Waals surface area contributed by atoms with Crippen molar-refractivity contribution in [3.05, 3.63) is 41.9 Å². The molecule has 6 heteroatoms. The Kier molecular flexibility index (Phi) is 9.10. The van der Waals surface area contributed by atoms with Gasteiger partial charge in [0.05, 0.1) is 24.5 Å². The highest BCUT2D eigenvalue weighted by Gasteiger charge is 2.30. The van der Waals surface area contributed by atoms with Crippen LogP contribution in [-0.4, -0.2) is 53.0 Å². The third-order valence-corrected chi connectivity index (χ3v) is 6.21. The average molecular weight is 426 g/mol. The summed E-state index contributed by atoms with van der Waals surface area (Å²) < 4.78 is 0. The molecule has 3 heterocycles. The summed E-state index contributed by atoms with van der Waals surface area (Å²) >= 11 is 0. The maximum Gasteiger partial charge on any atom is 0.239 e. The van der Waals surface area contributed by atoms with Crippen molar-refractivity contribution in [2.75, 3.05) is 26.2 Å². The van der Waals surface area contributed by atoms with Gasteiger partial charge in [-0.05, 0) is 62.2 Å². The molecule has 0 radical (unpaired) electrons. The van der Waals surface area contributed by atoms with Crippen LogP contribution in [0.2, 0.25) is 0 Å². The predicted octanol–water partition coefficient (Wildman–Crippen LogP) is 4.06. The van der Waals surface area contributed by atoms with E-state index in [1.54, 1.807) is 0 Å². The third-order valence-electron chi connectivity index (χ3n) is 6.21. The number of rotatable bonds is 7. The van der Waals surface area contributed by atoms with E-state index in [9.17, 15) is 4.79 Å². The quantitative estimate of drug-likeness (QED) is 0.585. The number of nitrogens with one attached hydrogen (secondary N) is 3. The predicted molar refractivity (Wildman–Crippen MR) is 127 cm³/mol. The number of H-pyrrole nitrogens is 1. The van der Waals surface area contributed by atoms with Crippen LogP contribution in [0.5, 0.6) is 0 Å². The maximum atomic E-state index is 12.6. The van der Waals surface area contributed by atoms with Crippen LogP contribution in [0.25, 0.3) is 11.3 Å². The minimum absolute atomic E-state index is 0.0577. The minimum atomic E-state index is 0.0577. The zero-order valence-electron chi connectivity index (χ0n) is 19.4. The van der Waals surface area contributed by atoms with Crippen molar-refractivity contribution < 1.29 is 4.79 Å². The third kappa shape index (κ3) is 6.17. The number of aromatic nitrogens is 2. The Balaban J connectivity index is 0.00000132. The number of hydrogen-bond donors (Lipinski definition) is 3. The van der Waals surface area contributed by atoms with E-state index in [-0.39, 0.29) is 6.04 Å². The van der Waals surface area contributed by atoms with Gasteiger partial charge in [0.1, 0.15) is 5.82 Å². The summed E-state index contributed by atoms with van der Waals surface area (Å²) in [5.41, 5.74) is 3.61. The molecule has 0 bridgehead atoms. The number of aromatic amines is 1. The first-order valence-corrected chi connectivity index (χ1v) is 12.1. The van der Waals surface area contributed by atoms with Gasteiger partial charge in [0.2, 0.25) is 5.91 Å². The van der Waals surface area contributed by atoms with Crippen molar-refractivity contribution in [3.8, 4) is 11.3 Å². The summed E-state index contributed by atoms with van der Waals surface area (Å²) in [6.45, 7) is 10.7. The van der Waals surface area contributed by atoms with Crippen LogP contribution in [0.15, 0.2) is 30.5 Å². The first kappa shape index (κ1) is 23.5. The lowest BCUT2D eigenvalue weighted by molar-refractivity contribution is -0.134. The van der Waals surface area contributed by atoms with E-state index >= 15 is 0 Å². The van der Waals surface area contributed by atoms with Gasteiger partial charge in [-0.3, -0.25) is 4.79 Å². The molecular weight excluding hydrogens is 386 g/mol. The number of nitrogens with zero attached hydrogens (tertiary/aromatic N) is 2. The van der Waals surface area contributed by atoms with Gasteiger partial charge in [0.25, 0.3) is 0 Å². The second-order valence-electron chi connectivity index (χ2n) is 8.29. The van der Waals surface area contributed by atoms with Crippen LogP contribution < -0.4 is 10.6 Å². The second kappa shape index (κ2) is 12.0. The van der Waals surface area contributed by atoms with Crippen LogP contribution in [-0.2, 0) is 11.3 Å². The Morgan fingerprint density at radius 1 is 1.16 bits per heavy atom. The number of imidazole rings is 1. The molecule has 0 unspecified atom stereocenters. The Bertz CT molecular complexity index is 786. The first-order valence-electron chi connectivity index (χ1n) is 12.1. The Morgan fingerprint density at radius 3 is 2.55 bits per heavy atom. The smallest absolute Gasteiger partial charge is 0.239 e. The number of amides is 1. The highest BCUT2D eigenvalue weighted by molar-refractivity contribution is 5.82. The summed E-state index contributed by atoms with van der Waals surface area (Å²) in [5.74, 6) is 1.83. The van der Waals surface area contributed by atoms with Crippen molar-refractivity contribution in [1.82, 2.24) is 25.5 Å². The average Bonchev–Trinajstić information content (AvgIpc) is 3.53. The van der Waals surface area contributed by atoms with E-state index in [0.29, 0.717) is 11.8 Å². The van der Waals surface area contributed by atoms with Crippen LogP contribution >= 0.6 is 0 Å². The zero-order chi connectivity index (χ0) is 22.1. The van der Waals surface area contributed by atoms with Gasteiger partial charge in [-0.25, -0.2) is 4.98 Å². The van der Waals surface area contributed by atoms with E-state index in [1.807, 2.05) is 20.0 Å². The Labute approximate surface area is 187 Å². The fourth-order valence-electron chi connectivity index (χ4n) is 4.47. The standard InChI is InChI=1S/C23H33N5O.C2H6/c1-2-11-24-16-22-26-15-21(27-22)19-7-5-17(6-8-19)18-9-13-28(14-10-18)23(29)20-4-3-12-25-20;1-2/h5-8,15,18,20,24-25H,2-4,9-14,16H2,1H3,(H,26,27);1-2H3/t20-;/m0./s1. The van der Waals surface area contributed by atoms with E-state index < -0.39 is 0 Å². The van der Waals surface area contributed by atoms with Crippen LogP contribution in [0, 0.1) is 0 Å². The second-order valence-corrected chi connectivity index (χ2v) is 8.29. The number of carbonyl (C=O) groups excluding carboxylic acids is 1. The number of hydrogen-bond acceptors (Lipinski definition) is 4. The lowest BCUT2D eigenvalue weighted by atomic mass is 9.88. The summed E-state index contributed by atoms with van der Waals surface area (Å²) in [5, 5.41) is 6.70. The molecular formula is C25H39N5O. The van der Waals surface area contributed by atoms with Crippen molar-refractivity contribution in [1.29, 1.82) is 0 Å². The number of benzene rings is 1. The molecule has 170 valence electrons. The monoisotopic (exact) mass is 425 g/mol. The fraction of sp³-hybridized carbons (Fsp3) is 0.600. The lowest BCUT2D eigenvalue weighted by Gasteiger charge is -2.33. The summed E-state index contributed by atoms with van der Waals surface area (Å²) in [6, 6.07) is 8.91. The number of likely N-dealkylation sites (tertiary alicyclic amines) is 1. The molecule has 3 N–H and O–H groups in total. The molecule has 1 amide bonds. The molecule has 0 spiro atoms. The highest BCUT2D eigenvalue weighted by atomic mass is 16.2. The van der Waals surface area contributed by atoms with Gasteiger partial charge in [-0.1, -0.05) is 45.0 Å². The van der Waals surface area contributed by atoms with Gasteiger partial charge in [0.15, 0.2) is 0 Å². The highest BCUT2D eigenvalue weighted by Crippen LogP contribution is 2.30. The SMILES string of the molecule is CC.CCCNCc1ncc(-c2ccc(C3CCN(C(=O)[C@@H]4CCCN4)CC3)cc2)[nH]1. The van der Waals surface area contributed by atoms with Crippen molar-refractivity contribution in [2.24, 2.45) is 0 Å². The zero-order valence-corrected chi connectivity index (χ0v) is 19.4. The minimum Gasteiger partial charge on any atom is -0.341 e. The van der Waals surface area contributed by atoms with Gasteiger partial charge in [0, 0.05) is 13.1 Å². The van der Waals surface area contributed by atoms with E-state index in [1.165, 1.54) is 11.1 Å². The normalized spacial score (nSPS) is 19.2. The van der Waals surface area contributed by atoms with E-state index in [2.05, 4.69) is 56.7 Å². The van der Waals surface area contributed by atoms with Gasteiger partial charge < -0.3 is 20.5 Å².